The zero-order valence-corrected chi connectivity index (χ0v) is 10.0. The minimum atomic E-state index is 0.560. The highest BCUT2D eigenvalue weighted by molar-refractivity contribution is 5.79. The Hall–Kier alpha value is -1.51. The molecule has 1 aromatic rings. The molecule has 0 bridgehead atoms. The molecule has 0 aliphatic carbocycles. The van der Waals surface area contributed by atoms with Crippen LogP contribution in [0.1, 0.15) is 30.6 Å². The molecule has 3 heteroatoms. The normalized spacial score (nSPS) is 10.2. The summed E-state index contributed by atoms with van der Waals surface area (Å²) >= 11 is 0. The minimum absolute atomic E-state index is 0.560. The lowest BCUT2D eigenvalue weighted by Crippen LogP contribution is -2.03. The van der Waals surface area contributed by atoms with E-state index in [-0.39, 0.29) is 0 Å². The molecule has 0 amide bonds. The van der Waals surface area contributed by atoms with Crippen LogP contribution in [-0.2, 0) is 0 Å². The molecule has 0 aliphatic rings. The fraction of sp³-hybridized carbons (Fsp3) is 0.462. The summed E-state index contributed by atoms with van der Waals surface area (Å²) in [6.07, 6.45) is 1.76. The standard InChI is InChI=1S/C13H18O3/c1-10(2)6-7-16-13-8-12(15-3)5-4-11(13)9-14/h4-5,8-10H,6-7H2,1-3H3. The molecule has 1 aromatic carbocycles. The van der Waals surface area contributed by atoms with E-state index in [4.69, 9.17) is 9.47 Å². The van der Waals surface area contributed by atoms with Crippen molar-refractivity contribution in [3.8, 4) is 11.5 Å². The quantitative estimate of drug-likeness (QED) is 0.694. The first-order valence-corrected chi connectivity index (χ1v) is 5.43. The third kappa shape index (κ3) is 3.57. The van der Waals surface area contributed by atoms with E-state index in [2.05, 4.69) is 13.8 Å². The molecule has 0 spiro atoms. The summed E-state index contributed by atoms with van der Waals surface area (Å²) in [7, 11) is 1.59. The lowest BCUT2D eigenvalue weighted by atomic mass is 10.1. The molecule has 3 nitrogen and oxygen atoms in total. The zero-order valence-electron chi connectivity index (χ0n) is 10.0. The maximum absolute atomic E-state index is 10.8. The fourth-order valence-electron chi connectivity index (χ4n) is 1.27. The van der Waals surface area contributed by atoms with E-state index in [0.29, 0.717) is 29.6 Å². The Morgan fingerprint density at radius 2 is 2.12 bits per heavy atom. The van der Waals surface area contributed by atoms with E-state index in [1.165, 1.54) is 0 Å². The molecule has 0 aliphatic heterocycles. The molecule has 1 rings (SSSR count). The van der Waals surface area contributed by atoms with Crippen LogP contribution in [0.2, 0.25) is 0 Å². The molecule has 88 valence electrons. The van der Waals surface area contributed by atoms with Crippen LogP contribution in [-0.4, -0.2) is 20.0 Å². The number of hydrogen-bond donors (Lipinski definition) is 0. The summed E-state index contributed by atoms with van der Waals surface area (Å²) in [6, 6.07) is 5.19. The molecule has 0 N–H and O–H groups in total. The Bertz CT molecular complexity index is 345. The van der Waals surface area contributed by atoms with Crippen LogP contribution >= 0.6 is 0 Å². The monoisotopic (exact) mass is 222 g/mol. The second kappa shape index (κ2) is 6.16. The summed E-state index contributed by atoms with van der Waals surface area (Å²) in [5, 5.41) is 0. The van der Waals surface area contributed by atoms with Crippen LogP contribution in [0.15, 0.2) is 18.2 Å². The van der Waals surface area contributed by atoms with Gasteiger partial charge in [0, 0.05) is 6.07 Å². The molecule has 0 fully saturated rings. The smallest absolute Gasteiger partial charge is 0.153 e. The molecule has 0 atom stereocenters. The van der Waals surface area contributed by atoms with E-state index >= 15 is 0 Å². The molecule has 0 saturated heterocycles. The lowest BCUT2D eigenvalue weighted by molar-refractivity contribution is 0.111. The van der Waals surface area contributed by atoms with Crippen molar-refractivity contribution in [3.63, 3.8) is 0 Å². The van der Waals surface area contributed by atoms with Gasteiger partial charge in [0.15, 0.2) is 6.29 Å². The fourth-order valence-corrected chi connectivity index (χ4v) is 1.27. The minimum Gasteiger partial charge on any atom is -0.497 e. The number of carbonyl (C=O) groups is 1. The van der Waals surface area contributed by atoms with Gasteiger partial charge in [-0.2, -0.15) is 0 Å². The van der Waals surface area contributed by atoms with Crippen molar-refractivity contribution in [1.82, 2.24) is 0 Å². The van der Waals surface area contributed by atoms with Crippen LogP contribution in [0.25, 0.3) is 0 Å². The predicted octanol–water partition coefficient (Wildman–Crippen LogP) is 2.93. The van der Waals surface area contributed by atoms with E-state index in [9.17, 15) is 4.79 Å². The number of hydrogen-bond acceptors (Lipinski definition) is 3. The highest BCUT2D eigenvalue weighted by Gasteiger charge is 2.05. The van der Waals surface area contributed by atoms with Crippen molar-refractivity contribution in [2.45, 2.75) is 20.3 Å². The maximum Gasteiger partial charge on any atom is 0.153 e. The highest BCUT2D eigenvalue weighted by atomic mass is 16.5. The van der Waals surface area contributed by atoms with E-state index in [1.807, 2.05) is 0 Å². The Morgan fingerprint density at radius 1 is 1.38 bits per heavy atom. The molecular weight excluding hydrogens is 204 g/mol. The number of aldehydes is 1. The van der Waals surface area contributed by atoms with Crippen molar-refractivity contribution >= 4 is 6.29 Å². The first-order valence-electron chi connectivity index (χ1n) is 5.43. The molecule has 0 saturated carbocycles. The van der Waals surface area contributed by atoms with Crippen molar-refractivity contribution < 1.29 is 14.3 Å². The summed E-state index contributed by atoms with van der Waals surface area (Å²) < 4.78 is 10.7. The summed E-state index contributed by atoms with van der Waals surface area (Å²) in [5.74, 6) is 1.88. The van der Waals surface area contributed by atoms with E-state index in [1.54, 1.807) is 25.3 Å². The van der Waals surface area contributed by atoms with Crippen molar-refractivity contribution in [2.75, 3.05) is 13.7 Å². The van der Waals surface area contributed by atoms with Gasteiger partial charge < -0.3 is 9.47 Å². The van der Waals surface area contributed by atoms with Crippen LogP contribution in [0.3, 0.4) is 0 Å². The Kier molecular flexibility index (Phi) is 4.83. The van der Waals surface area contributed by atoms with Gasteiger partial charge in [-0.25, -0.2) is 0 Å². The Labute approximate surface area is 96.4 Å². The van der Waals surface area contributed by atoms with Gasteiger partial charge in [0.1, 0.15) is 11.5 Å². The first-order chi connectivity index (χ1) is 7.67. The van der Waals surface area contributed by atoms with Gasteiger partial charge in [-0.15, -0.1) is 0 Å². The third-order valence-corrected chi connectivity index (χ3v) is 2.30. The molecule has 0 aromatic heterocycles. The second-order valence-electron chi connectivity index (χ2n) is 4.05. The van der Waals surface area contributed by atoms with Crippen molar-refractivity contribution in [3.05, 3.63) is 23.8 Å². The second-order valence-corrected chi connectivity index (χ2v) is 4.05. The first kappa shape index (κ1) is 12.6. The number of rotatable bonds is 6. The van der Waals surface area contributed by atoms with Gasteiger partial charge in [0.25, 0.3) is 0 Å². The molecule has 0 unspecified atom stereocenters. The Morgan fingerprint density at radius 3 is 2.69 bits per heavy atom. The summed E-state index contributed by atoms with van der Waals surface area (Å²) in [4.78, 5) is 10.8. The number of benzene rings is 1. The average Bonchev–Trinajstić information content (AvgIpc) is 2.28. The van der Waals surface area contributed by atoms with E-state index in [0.717, 1.165) is 12.7 Å². The Balaban J connectivity index is 2.71. The van der Waals surface area contributed by atoms with E-state index < -0.39 is 0 Å². The van der Waals surface area contributed by atoms with Crippen LogP contribution < -0.4 is 9.47 Å². The third-order valence-electron chi connectivity index (χ3n) is 2.30. The SMILES string of the molecule is COc1ccc(C=O)c(OCCC(C)C)c1. The highest BCUT2D eigenvalue weighted by Crippen LogP contribution is 2.23. The number of ether oxygens (including phenoxy) is 2. The predicted molar refractivity (Wildman–Crippen MR) is 63.3 cm³/mol. The van der Waals surface area contributed by atoms with Crippen LogP contribution in [0, 0.1) is 5.92 Å². The van der Waals surface area contributed by atoms with Gasteiger partial charge >= 0.3 is 0 Å². The maximum atomic E-state index is 10.8. The van der Waals surface area contributed by atoms with Gasteiger partial charge in [-0.05, 0) is 24.5 Å². The topological polar surface area (TPSA) is 35.5 Å². The molecular formula is C13H18O3. The van der Waals surface area contributed by atoms with Crippen LogP contribution in [0.5, 0.6) is 11.5 Å². The van der Waals surface area contributed by atoms with Gasteiger partial charge in [0.2, 0.25) is 0 Å². The van der Waals surface area contributed by atoms with Gasteiger partial charge in [-0.1, -0.05) is 13.8 Å². The zero-order chi connectivity index (χ0) is 12.0. The van der Waals surface area contributed by atoms with Crippen molar-refractivity contribution in [2.24, 2.45) is 5.92 Å². The summed E-state index contributed by atoms with van der Waals surface area (Å²) in [5.41, 5.74) is 0.560. The largest absolute Gasteiger partial charge is 0.497 e. The number of carbonyl (C=O) groups excluding carboxylic acids is 1. The molecule has 0 heterocycles. The molecule has 0 radical (unpaired) electrons. The van der Waals surface area contributed by atoms with Crippen molar-refractivity contribution in [1.29, 1.82) is 0 Å². The van der Waals surface area contributed by atoms with Crippen LogP contribution in [0.4, 0.5) is 0 Å². The molecule has 16 heavy (non-hydrogen) atoms. The number of methoxy groups -OCH3 is 1. The van der Waals surface area contributed by atoms with Gasteiger partial charge in [-0.3, -0.25) is 4.79 Å². The average molecular weight is 222 g/mol. The summed E-state index contributed by atoms with van der Waals surface area (Å²) in [6.45, 7) is 4.89. The lowest BCUT2D eigenvalue weighted by Gasteiger charge is -2.11. The van der Waals surface area contributed by atoms with Gasteiger partial charge in [0.05, 0.1) is 19.3 Å².